The molecule has 1 rings (SSSR count). The summed E-state index contributed by atoms with van der Waals surface area (Å²) >= 11 is 0. The molecule has 1 N–H and O–H groups in total. The van der Waals surface area contributed by atoms with Crippen molar-refractivity contribution in [3.8, 4) is 0 Å². The van der Waals surface area contributed by atoms with Crippen LogP contribution in [0.5, 0.6) is 0 Å². The molecular weight excluding hydrogens is 186 g/mol. The quantitative estimate of drug-likeness (QED) is 0.585. The zero-order valence-electron chi connectivity index (χ0n) is 7.56. The second-order valence-corrected chi connectivity index (χ2v) is 2.94. The molecule has 0 unspecified atom stereocenters. The van der Waals surface area contributed by atoms with Crippen LogP contribution in [0.25, 0.3) is 0 Å². The molecule has 0 saturated carbocycles. The number of nitro groups is 1. The average Bonchev–Trinajstić information content (AvgIpc) is 2.07. The Kier molecular flexibility index (Phi) is 2.81. The zero-order chi connectivity index (χ0) is 10.7. The Morgan fingerprint density at radius 1 is 1.57 bits per heavy atom. The first-order chi connectivity index (χ1) is 6.50. The van der Waals surface area contributed by atoms with E-state index in [1.807, 2.05) is 0 Å². The lowest BCUT2D eigenvalue weighted by molar-refractivity contribution is -0.496. The molecule has 0 amide bonds. The van der Waals surface area contributed by atoms with E-state index in [4.69, 9.17) is 5.11 Å². The van der Waals surface area contributed by atoms with Gasteiger partial charge in [-0.1, -0.05) is 6.07 Å². The van der Waals surface area contributed by atoms with E-state index in [0.717, 1.165) is 5.56 Å². The van der Waals surface area contributed by atoms with Gasteiger partial charge in [-0.15, -0.1) is 0 Å². The molecule has 0 radical (unpaired) electrons. The highest BCUT2D eigenvalue weighted by Crippen LogP contribution is 2.12. The summed E-state index contributed by atoms with van der Waals surface area (Å²) in [6, 6.07) is 4.34. The standard InChI is InChI=1S/C9H9NO4/c1-6-2-3-7(9(11)12)4-8(6)5-10(13)14/h2-4H,5H2,1H3,(H,11,12). The van der Waals surface area contributed by atoms with E-state index in [1.54, 1.807) is 13.0 Å². The molecule has 1 aromatic carbocycles. The highest BCUT2D eigenvalue weighted by atomic mass is 16.6. The van der Waals surface area contributed by atoms with Gasteiger partial charge in [-0.3, -0.25) is 10.1 Å². The topological polar surface area (TPSA) is 80.4 Å². The predicted octanol–water partition coefficient (Wildman–Crippen LogP) is 1.47. The summed E-state index contributed by atoms with van der Waals surface area (Å²) in [5.41, 5.74) is 1.24. The van der Waals surface area contributed by atoms with Crippen LogP contribution in [0, 0.1) is 17.0 Å². The van der Waals surface area contributed by atoms with Crippen molar-refractivity contribution < 1.29 is 14.8 Å². The molecular formula is C9H9NO4. The largest absolute Gasteiger partial charge is 0.478 e. The number of carboxylic acids is 1. The van der Waals surface area contributed by atoms with Gasteiger partial charge in [0.25, 0.3) is 0 Å². The molecule has 74 valence electrons. The molecule has 0 spiro atoms. The molecule has 5 heteroatoms. The number of aromatic carboxylic acids is 1. The van der Waals surface area contributed by atoms with Gasteiger partial charge in [0, 0.05) is 10.5 Å². The number of benzene rings is 1. The van der Waals surface area contributed by atoms with Crippen molar-refractivity contribution in [2.24, 2.45) is 0 Å². The second kappa shape index (κ2) is 3.87. The molecule has 5 nitrogen and oxygen atoms in total. The van der Waals surface area contributed by atoms with Gasteiger partial charge in [-0.2, -0.15) is 0 Å². The zero-order valence-corrected chi connectivity index (χ0v) is 7.56. The van der Waals surface area contributed by atoms with E-state index in [1.165, 1.54) is 12.1 Å². The third kappa shape index (κ3) is 2.29. The van der Waals surface area contributed by atoms with E-state index >= 15 is 0 Å². The first kappa shape index (κ1) is 10.2. The first-order valence-corrected chi connectivity index (χ1v) is 3.95. The third-order valence-electron chi connectivity index (χ3n) is 1.90. The van der Waals surface area contributed by atoms with E-state index in [9.17, 15) is 14.9 Å². The molecule has 14 heavy (non-hydrogen) atoms. The van der Waals surface area contributed by atoms with Crippen LogP contribution < -0.4 is 0 Å². The number of carboxylic acid groups (broad SMARTS) is 1. The van der Waals surface area contributed by atoms with Gasteiger partial charge < -0.3 is 5.11 Å². The number of aryl methyl sites for hydroxylation is 1. The smallest absolute Gasteiger partial charge is 0.335 e. The molecule has 0 atom stereocenters. The number of nitrogens with zero attached hydrogens (tertiary/aromatic N) is 1. The molecule has 0 aromatic heterocycles. The minimum Gasteiger partial charge on any atom is -0.478 e. The highest BCUT2D eigenvalue weighted by Gasteiger charge is 2.09. The van der Waals surface area contributed by atoms with Crippen LogP contribution in [0.2, 0.25) is 0 Å². The summed E-state index contributed by atoms with van der Waals surface area (Å²) in [4.78, 5) is 20.4. The SMILES string of the molecule is Cc1ccc(C(=O)O)cc1C[N+](=O)[O-]. The lowest BCUT2D eigenvalue weighted by atomic mass is 10.1. The van der Waals surface area contributed by atoms with Crippen LogP contribution in [0.4, 0.5) is 0 Å². The van der Waals surface area contributed by atoms with Gasteiger partial charge >= 0.3 is 5.97 Å². The minimum atomic E-state index is -1.07. The molecule has 0 aliphatic carbocycles. The summed E-state index contributed by atoms with van der Waals surface area (Å²) in [5.74, 6) is -1.07. The fourth-order valence-corrected chi connectivity index (χ4v) is 1.11. The van der Waals surface area contributed by atoms with Gasteiger partial charge in [0.05, 0.1) is 5.56 Å². The summed E-state index contributed by atoms with van der Waals surface area (Å²) in [6.07, 6.45) is 0. The van der Waals surface area contributed by atoms with E-state index in [2.05, 4.69) is 0 Å². The van der Waals surface area contributed by atoms with Crippen LogP contribution in [0.3, 0.4) is 0 Å². The summed E-state index contributed by atoms with van der Waals surface area (Å²) in [7, 11) is 0. The van der Waals surface area contributed by atoms with Crippen LogP contribution >= 0.6 is 0 Å². The van der Waals surface area contributed by atoms with Crippen LogP contribution in [-0.2, 0) is 6.54 Å². The molecule has 0 heterocycles. The normalized spacial score (nSPS) is 9.79. The molecule has 0 saturated heterocycles. The van der Waals surface area contributed by atoms with Crippen LogP contribution in [0.1, 0.15) is 21.5 Å². The third-order valence-corrected chi connectivity index (χ3v) is 1.90. The lowest BCUT2D eigenvalue weighted by Crippen LogP contribution is -2.03. The van der Waals surface area contributed by atoms with Gasteiger partial charge in [-0.05, 0) is 24.6 Å². The fraction of sp³-hybridized carbons (Fsp3) is 0.222. The van der Waals surface area contributed by atoms with Gasteiger partial charge in [-0.25, -0.2) is 4.79 Å². The van der Waals surface area contributed by atoms with Crippen molar-refractivity contribution in [1.82, 2.24) is 0 Å². The Balaban J connectivity index is 3.08. The summed E-state index contributed by atoms with van der Waals surface area (Å²) in [5, 5.41) is 18.9. The monoisotopic (exact) mass is 195 g/mol. The van der Waals surface area contributed by atoms with Gasteiger partial charge in [0.1, 0.15) is 0 Å². The van der Waals surface area contributed by atoms with Crippen LogP contribution in [-0.4, -0.2) is 16.0 Å². The number of hydrogen-bond acceptors (Lipinski definition) is 3. The van der Waals surface area contributed by atoms with Crippen molar-refractivity contribution in [3.05, 3.63) is 45.0 Å². The fourth-order valence-electron chi connectivity index (χ4n) is 1.11. The maximum absolute atomic E-state index is 10.6. The van der Waals surface area contributed by atoms with Gasteiger partial charge in [0.15, 0.2) is 0 Å². The van der Waals surface area contributed by atoms with Gasteiger partial charge in [0.2, 0.25) is 6.54 Å². The Hall–Kier alpha value is -1.91. The Labute approximate surface area is 80.1 Å². The summed E-state index contributed by atoms with van der Waals surface area (Å²) < 4.78 is 0. The second-order valence-electron chi connectivity index (χ2n) is 2.94. The van der Waals surface area contributed by atoms with E-state index < -0.39 is 10.9 Å². The molecule has 0 aliphatic heterocycles. The molecule has 1 aromatic rings. The van der Waals surface area contributed by atoms with Crippen molar-refractivity contribution >= 4 is 5.97 Å². The van der Waals surface area contributed by atoms with Crippen molar-refractivity contribution in [2.75, 3.05) is 0 Å². The number of hydrogen-bond donors (Lipinski definition) is 1. The highest BCUT2D eigenvalue weighted by molar-refractivity contribution is 5.87. The Morgan fingerprint density at radius 2 is 2.21 bits per heavy atom. The average molecular weight is 195 g/mol. The van der Waals surface area contributed by atoms with Crippen molar-refractivity contribution in [3.63, 3.8) is 0 Å². The predicted molar refractivity (Wildman–Crippen MR) is 48.8 cm³/mol. The maximum atomic E-state index is 10.6. The van der Waals surface area contributed by atoms with E-state index in [-0.39, 0.29) is 12.1 Å². The number of rotatable bonds is 3. The Bertz CT molecular complexity index is 386. The van der Waals surface area contributed by atoms with Crippen molar-refractivity contribution in [2.45, 2.75) is 13.5 Å². The number of carbonyl (C=O) groups is 1. The van der Waals surface area contributed by atoms with E-state index in [0.29, 0.717) is 5.56 Å². The lowest BCUT2D eigenvalue weighted by Gasteiger charge is -2.02. The maximum Gasteiger partial charge on any atom is 0.335 e. The Morgan fingerprint density at radius 3 is 2.71 bits per heavy atom. The minimum absolute atomic E-state index is 0.0763. The molecule has 0 fully saturated rings. The summed E-state index contributed by atoms with van der Waals surface area (Å²) in [6.45, 7) is 1.37. The van der Waals surface area contributed by atoms with Crippen LogP contribution in [0.15, 0.2) is 18.2 Å². The molecule has 0 aliphatic rings. The van der Waals surface area contributed by atoms with Crippen molar-refractivity contribution in [1.29, 1.82) is 0 Å². The molecule has 0 bridgehead atoms. The first-order valence-electron chi connectivity index (χ1n) is 3.95.